The molecule has 2 heterocycles. The highest BCUT2D eigenvalue weighted by atomic mass is 19.1. The number of para-hydroxylation sites is 1. The van der Waals surface area contributed by atoms with E-state index in [0.717, 1.165) is 37.1 Å². The Labute approximate surface area is 150 Å². The van der Waals surface area contributed by atoms with Gasteiger partial charge in [-0.1, -0.05) is 30.3 Å². The van der Waals surface area contributed by atoms with Crippen LogP contribution in [-0.2, 0) is 12.8 Å². The van der Waals surface area contributed by atoms with E-state index < -0.39 is 0 Å². The standard InChI is InChI=1S/C22H27FN2/c1-4-25-14-16(12-15-8-5-6-11-20(15)25)21-17-9-7-10-19(23)18(17)13-22(2,3)24-21/h5-11,16,21,24H,4,12-14H2,1-3H3. The zero-order valence-corrected chi connectivity index (χ0v) is 15.3. The van der Waals surface area contributed by atoms with Gasteiger partial charge in [-0.15, -0.1) is 0 Å². The van der Waals surface area contributed by atoms with Crippen molar-refractivity contribution in [3.05, 3.63) is 65.0 Å². The number of nitrogens with zero attached hydrogens (tertiary/aromatic N) is 1. The fraction of sp³-hybridized carbons (Fsp3) is 0.455. The lowest BCUT2D eigenvalue weighted by Crippen LogP contribution is -2.52. The first-order chi connectivity index (χ1) is 12.0. The molecule has 3 heteroatoms. The predicted molar refractivity (Wildman–Crippen MR) is 102 cm³/mol. The number of benzene rings is 2. The fourth-order valence-corrected chi connectivity index (χ4v) is 4.66. The molecule has 1 N–H and O–H groups in total. The molecule has 0 saturated carbocycles. The van der Waals surface area contributed by atoms with Crippen molar-refractivity contribution in [1.29, 1.82) is 0 Å². The Kier molecular flexibility index (Phi) is 4.07. The van der Waals surface area contributed by atoms with Crippen molar-refractivity contribution in [3.63, 3.8) is 0 Å². The van der Waals surface area contributed by atoms with Crippen LogP contribution in [-0.4, -0.2) is 18.6 Å². The van der Waals surface area contributed by atoms with Crippen LogP contribution in [0, 0.1) is 11.7 Å². The summed E-state index contributed by atoms with van der Waals surface area (Å²) in [7, 11) is 0. The number of hydrogen-bond acceptors (Lipinski definition) is 2. The van der Waals surface area contributed by atoms with Gasteiger partial charge in [0.15, 0.2) is 0 Å². The first kappa shape index (κ1) is 16.6. The van der Waals surface area contributed by atoms with Crippen LogP contribution in [0.5, 0.6) is 0 Å². The Hall–Kier alpha value is -1.87. The van der Waals surface area contributed by atoms with E-state index in [4.69, 9.17) is 0 Å². The van der Waals surface area contributed by atoms with Crippen molar-refractivity contribution >= 4 is 5.69 Å². The maximum atomic E-state index is 14.5. The van der Waals surface area contributed by atoms with Gasteiger partial charge in [-0.05, 0) is 62.4 Å². The summed E-state index contributed by atoms with van der Waals surface area (Å²) in [5, 5.41) is 3.83. The van der Waals surface area contributed by atoms with Gasteiger partial charge in [-0.3, -0.25) is 0 Å². The fourth-order valence-electron chi connectivity index (χ4n) is 4.66. The molecule has 2 aromatic rings. The summed E-state index contributed by atoms with van der Waals surface area (Å²) in [5.74, 6) is 0.385. The van der Waals surface area contributed by atoms with Crippen molar-refractivity contribution in [2.45, 2.75) is 45.2 Å². The lowest BCUT2D eigenvalue weighted by atomic mass is 9.76. The van der Waals surface area contributed by atoms with Gasteiger partial charge in [0.1, 0.15) is 5.82 Å². The Bertz CT molecular complexity index is 783. The molecule has 25 heavy (non-hydrogen) atoms. The number of fused-ring (bicyclic) bond motifs is 2. The molecule has 4 rings (SSSR count). The van der Waals surface area contributed by atoms with E-state index in [-0.39, 0.29) is 17.4 Å². The highest BCUT2D eigenvalue weighted by molar-refractivity contribution is 5.56. The molecule has 0 radical (unpaired) electrons. The summed E-state index contributed by atoms with van der Waals surface area (Å²) < 4.78 is 14.5. The zero-order valence-electron chi connectivity index (χ0n) is 15.3. The third-order valence-electron chi connectivity index (χ3n) is 5.78. The lowest BCUT2D eigenvalue weighted by Gasteiger charge is -2.45. The van der Waals surface area contributed by atoms with Crippen LogP contribution in [0.25, 0.3) is 0 Å². The molecule has 132 valence electrons. The van der Waals surface area contributed by atoms with Gasteiger partial charge < -0.3 is 10.2 Å². The van der Waals surface area contributed by atoms with Crippen LogP contribution >= 0.6 is 0 Å². The average Bonchev–Trinajstić information content (AvgIpc) is 2.60. The van der Waals surface area contributed by atoms with Gasteiger partial charge in [-0.2, -0.15) is 0 Å². The Morgan fingerprint density at radius 2 is 1.96 bits per heavy atom. The molecule has 2 atom stereocenters. The van der Waals surface area contributed by atoms with Crippen LogP contribution in [0.3, 0.4) is 0 Å². The van der Waals surface area contributed by atoms with Crippen LogP contribution < -0.4 is 10.2 Å². The second-order valence-electron chi connectivity index (χ2n) is 8.12. The molecular weight excluding hydrogens is 311 g/mol. The first-order valence-electron chi connectivity index (χ1n) is 9.36. The summed E-state index contributed by atoms with van der Waals surface area (Å²) in [6.45, 7) is 8.59. The van der Waals surface area contributed by atoms with Crippen LogP contribution in [0.4, 0.5) is 10.1 Å². The van der Waals surface area contributed by atoms with E-state index in [1.807, 2.05) is 6.07 Å². The molecule has 2 aromatic carbocycles. The number of halogens is 1. The number of anilines is 1. The number of rotatable bonds is 2. The highest BCUT2D eigenvalue weighted by Crippen LogP contribution is 2.40. The molecule has 0 amide bonds. The van der Waals surface area contributed by atoms with E-state index in [0.29, 0.717) is 5.92 Å². The molecular formula is C22H27FN2. The van der Waals surface area contributed by atoms with Crippen molar-refractivity contribution in [3.8, 4) is 0 Å². The van der Waals surface area contributed by atoms with Gasteiger partial charge in [-0.25, -0.2) is 4.39 Å². The summed E-state index contributed by atoms with van der Waals surface area (Å²) >= 11 is 0. The van der Waals surface area contributed by atoms with Crippen molar-refractivity contribution < 1.29 is 4.39 Å². The Morgan fingerprint density at radius 1 is 1.16 bits per heavy atom. The second kappa shape index (κ2) is 6.14. The quantitative estimate of drug-likeness (QED) is 0.868. The van der Waals surface area contributed by atoms with Gasteiger partial charge in [0.05, 0.1) is 0 Å². The number of nitrogens with one attached hydrogen (secondary N) is 1. The van der Waals surface area contributed by atoms with E-state index in [1.54, 1.807) is 6.07 Å². The first-order valence-corrected chi connectivity index (χ1v) is 9.36. The average molecular weight is 338 g/mol. The zero-order chi connectivity index (χ0) is 17.6. The topological polar surface area (TPSA) is 15.3 Å². The Morgan fingerprint density at radius 3 is 2.76 bits per heavy atom. The molecule has 0 aromatic heterocycles. The van der Waals surface area contributed by atoms with Gasteiger partial charge in [0.2, 0.25) is 0 Å². The van der Waals surface area contributed by atoms with Gasteiger partial charge in [0.25, 0.3) is 0 Å². The molecule has 2 unspecified atom stereocenters. The van der Waals surface area contributed by atoms with E-state index in [1.165, 1.54) is 11.3 Å². The molecule has 0 aliphatic carbocycles. The monoisotopic (exact) mass is 338 g/mol. The molecule has 2 aliphatic rings. The molecule has 0 spiro atoms. The van der Waals surface area contributed by atoms with Crippen molar-refractivity contribution in [2.75, 3.05) is 18.0 Å². The molecule has 0 fully saturated rings. The summed E-state index contributed by atoms with van der Waals surface area (Å²) in [4.78, 5) is 2.46. The Balaban J connectivity index is 1.74. The highest BCUT2D eigenvalue weighted by Gasteiger charge is 2.39. The van der Waals surface area contributed by atoms with Crippen LogP contribution in [0.2, 0.25) is 0 Å². The van der Waals surface area contributed by atoms with Crippen LogP contribution in [0.15, 0.2) is 42.5 Å². The molecule has 2 nitrogen and oxygen atoms in total. The molecule has 0 bridgehead atoms. The van der Waals surface area contributed by atoms with Gasteiger partial charge in [0, 0.05) is 36.3 Å². The minimum Gasteiger partial charge on any atom is -0.371 e. The largest absolute Gasteiger partial charge is 0.371 e. The maximum Gasteiger partial charge on any atom is 0.126 e. The summed E-state index contributed by atoms with van der Waals surface area (Å²) in [6.07, 6.45) is 1.78. The smallest absolute Gasteiger partial charge is 0.126 e. The SMILES string of the molecule is CCN1CC(C2NC(C)(C)Cc3c(F)cccc32)Cc2ccccc21. The van der Waals surface area contributed by atoms with Crippen molar-refractivity contribution in [2.24, 2.45) is 5.92 Å². The van der Waals surface area contributed by atoms with Gasteiger partial charge >= 0.3 is 0 Å². The minimum atomic E-state index is -0.0894. The third kappa shape index (κ3) is 2.95. The number of hydrogen-bond donors (Lipinski definition) is 1. The normalized spacial score (nSPS) is 24.6. The van der Waals surface area contributed by atoms with E-state index in [2.05, 4.69) is 61.3 Å². The third-order valence-corrected chi connectivity index (χ3v) is 5.78. The van der Waals surface area contributed by atoms with Crippen molar-refractivity contribution in [1.82, 2.24) is 5.32 Å². The predicted octanol–water partition coefficient (Wildman–Crippen LogP) is 4.49. The maximum absolute atomic E-state index is 14.5. The summed E-state index contributed by atoms with van der Waals surface area (Å²) in [6, 6.07) is 14.5. The van der Waals surface area contributed by atoms with E-state index in [9.17, 15) is 4.39 Å². The molecule has 2 aliphatic heterocycles. The lowest BCUT2D eigenvalue weighted by molar-refractivity contribution is 0.239. The molecule has 0 saturated heterocycles. The summed E-state index contributed by atoms with van der Waals surface area (Å²) in [5.41, 5.74) is 4.73. The minimum absolute atomic E-state index is 0.0550. The van der Waals surface area contributed by atoms with E-state index >= 15 is 0 Å². The second-order valence-corrected chi connectivity index (χ2v) is 8.12. The van der Waals surface area contributed by atoms with Crippen LogP contribution in [0.1, 0.15) is 43.5 Å².